The molecule has 1 aromatic carbocycles. The van der Waals surface area contributed by atoms with Gasteiger partial charge in [-0.05, 0) is 37.1 Å². The lowest BCUT2D eigenvalue weighted by Crippen LogP contribution is -2.41. The molecule has 0 spiro atoms. The molecule has 3 rings (SSSR count). The molecule has 1 N–H and O–H groups in total. The molecule has 1 aliphatic heterocycles. The topological polar surface area (TPSA) is 79.0 Å². The standard InChI is InChI=1S/C20H31N3O4S/c1-22(18-5-3-2-4-6-18)28(25,26)19-9-7-17(8-10-19)20(24)21-11-12-23-13-15-27-16-14-23/h7-10,18H,2-6,11-16H2,1H3,(H,21,24). The zero-order valence-electron chi connectivity index (χ0n) is 16.6. The second-order valence-corrected chi connectivity index (χ2v) is 9.54. The predicted octanol–water partition coefficient (Wildman–Crippen LogP) is 1.70. The Morgan fingerprint density at radius 2 is 1.79 bits per heavy atom. The van der Waals surface area contributed by atoms with Crippen LogP contribution in [-0.2, 0) is 14.8 Å². The van der Waals surface area contributed by atoms with Crippen molar-refractivity contribution < 1.29 is 17.9 Å². The molecule has 2 aliphatic rings. The predicted molar refractivity (Wildman–Crippen MR) is 108 cm³/mol. The van der Waals surface area contributed by atoms with Gasteiger partial charge >= 0.3 is 0 Å². The second-order valence-electron chi connectivity index (χ2n) is 7.55. The number of amides is 1. The number of rotatable bonds is 7. The first-order valence-electron chi connectivity index (χ1n) is 10.1. The molecule has 0 aromatic heterocycles. The fraction of sp³-hybridized carbons (Fsp3) is 0.650. The third-order valence-corrected chi connectivity index (χ3v) is 7.62. The van der Waals surface area contributed by atoms with Crippen molar-refractivity contribution in [3.63, 3.8) is 0 Å². The van der Waals surface area contributed by atoms with Crippen molar-refractivity contribution in [2.45, 2.75) is 43.0 Å². The highest BCUT2D eigenvalue weighted by Crippen LogP contribution is 2.26. The van der Waals surface area contributed by atoms with Crippen molar-refractivity contribution in [1.29, 1.82) is 0 Å². The van der Waals surface area contributed by atoms with E-state index < -0.39 is 10.0 Å². The maximum absolute atomic E-state index is 12.9. The minimum Gasteiger partial charge on any atom is -0.379 e. The minimum atomic E-state index is -3.53. The van der Waals surface area contributed by atoms with Crippen molar-refractivity contribution in [2.24, 2.45) is 0 Å². The van der Waals surface area contributed by atoms with Gasteiger partial charge in [0.2, 0.25) is 10.0 Å². The van der Waals surface area contributed by atoms with Crippen molar-refractivity contribution in [1.82, 2.24) is 14.5 Å². The lowest BCUT2D eigenvalue weighted by Gasteiger charge is -2.30. The zero-order valence-corrected chi connectivity index (χ0v) is 17.4. The van der Waals surface area contributed by atoms with Gasteiger partial charge in [0.05, 0.1) is 18.1 Å². The summed E-state index contributed by atoms with van der Waals surface area (Å²) in [5.41, 5.74) is 0.473. The Kier molecular flexibility index (Phi) is 7.45. The largest absolute Gasteiger partial charge is 0.379 e. The van der Waals surface area contributed by atoms with Crippen LogP contribution in [0.1, 0.15) is 42.5 Å². The molecule has 1 heterocycles. The first kappa shape index (κ1) is 21.2. The van der Waals surface area contributed by atoms with E-state index in [4.69, 9.17) is 4.74 Å². The summed E-state index contributed by atoms with van der Waals surface area (Å²) in [6.45, 7) is 4.59. The number of morpholine rings is 1. The van der Waals surface area contributed by atoms with Crippen LogP contribution in [0.15, 0.2) is 29.2 Å². The van der Waals surface area contributed by atoms with E-state index in [0.717, 1.165) is 58.5 Å². The van der Waals surface area contributed by atoms with Crippen LogP contribution in [0.3, 0.4) is 0 Å². The van der Waals surface area contributed by atoms with E-state index in [1.54, 1.807) is 19.2 Å². The summed E-state index contributed by atoms with van der Waals surface area (Å²) < 4.78 is 32.6. The van der Waals surface area contributed by atoms with Crippen molar-refractivity contribution in [2.75, 3.05) is 46.4 Å². The maximum Gasteiger partial charge on any atom is 0.251 e. The van der Waals surface area contributed by atoms with Crippen LogP contribution in [0.5, 0.6) is 0 Å². The summed E-state index contributed by atoms with van der Waals surface area (Å²) in [6.07, 6.45) is 5.17. The number of carbonyl (C=O) groups is 1. The number of hydrogen-bond acceptors (Lipinski definition) is 5. The third kappa shape index (κ3) is 5.31. The third-order valence-electron chi connectivity index (χ3n) is 5.70. The molecule has 0 radical (unpaired) electrons. The summed E-state index contributed by atoms with van der Waals surface area (Å²) in [5, 5.41) is 2.90. The lowest BCUT2D eigenvalue weighted by atomic mass is 9.96. The first-order chi connectivity index (χ1) is 13.5. The molecule has 1 saturated heterocycles. The molecule has 0 unspecified atom stereocenters. The summed E-state index contributed by atoms with van der Waals surface area (Å²) >= 11 is 0. The van der Waals surface area contributed by atoms with Crippen LogP contribution in [0.2, 0.25) is 0 Å². The van der Waals surface area contributed by atoms with Gasteiger partial charge in [-0.15, -0.1) is 0 Å². The van der Waals surface area contributed by atoms with Gasteiger partial charge in [-0.2, -0.15) is 4.31 Å². The van der Waals surface area contributed by atoms with Crippen molar-refractivity contribution in [3.05, 3.63) is 29.8 Å². The second kappa shape index (κ2) is 9.82. The van der Waals surface area contributed by atoms with E-state index in [-0.39, 0.29) is 16.8 Å². The van der Waals surface area contributed by atoms with E-state index >= 15 is 0 Å². The van der Waals surface area contributed by atoms with Gasteiger partial charge in [-0.3, -0.25) is 9.69 Å². The highest BCUT2D eigenvalue weighted by molar-refractivity contribution is 7.89. The molecule has 1 amide bonds. The molecule has 7 nitrogen and oxygen atoms in total. The quantitative estimate of drug-likeness (QED) is 0.742. The normalized spacial score (nSPS) is 19.6. The molecule has 8 heteroatoms. The van der Waals surface area contributed by atoms with Gasteiger partial charge in [0, 0.05) is 44.8 Å². The van der Waals surface area contributed by atoms with E-state index in [9.17, 15) is 13.2 Å². The van der Waals surface area contributed by atoms with E-state index in [0.29, 0.717) is 12.1 Å². The highest BCUT2D eigenvalue weighted by atomic mass is 32.2. The summed E-state index contributed by atoms with van der Waals surface area (Å²) in [4.78, 5) is 14.8. The van der Waals surface area contributed by atoms with Crippen LogP contribution in [0, 0.1) is 0 Å². The summed E-state index contributed by atoms with van der Waals surface area (Å²) in [6, 6.07) is 6.32. The number of nitrogens with one attached hydrogen (secondary N) is 1. The van der Waals surface area contributed by atoms with Crippen LogP contribution in [0.4, 0.5) is 0 Å². The Hall–Kier alpha value is -1.48. The highest BCUT2D eigenvalue weighted by Gasteiger charge is 2.29. The molecule has 2 fully saturated rings. The molecule has 0 atom stereocenters. The fourth-order valence-electron chi connectivity index (χ4n) is 3.84. The number of carbonyl (C=O) groups excluding carboxylic acids is 1. The zero-order chi connectivity index (χ0) is 20.0. The molecule has 1 aromatic rings. The Bertz CT molecular complexity index is 739. The summed E-state index contributed by atoms with van der Waals surface area (Å²) in [5.74, 6) is -0.183. The van der Waals surface area contributed by atoms with E-state index in [2.05, 4.69) is 10.2 Å². The average Bonchev–Trinajstić information content (AvgIpc) is 2.74. The molecule has 0 bridgehead atoms. The Morgan fingerprint density at radius 1 is 1.14 bits per heavy atom. The van der Waals surface area contributed by atoms with Crippen molar-refractivity contribution >= 4 is 15.9 Å². The monoisotopic (exact) mass is 409 g/mol. The van der Waals surface area contributed by atoms with Gasteiger partial charge in [0.1, 0.15) is 0 Å². The first-order valence-corrected chi connectivity index (χ1v) is 11.6. The number of hydrogen-bond donors (Lipinski definition) is 1. The van der Waals surface area contributed by atoms with E-state index in [1.165, 1.54) is 22.9 Å². The fourth-order valence-corrected chi connectivity index (χ4v) is 5.26. The van der Waals surface area contributed by atoms with Gasteiger partial charge in [-0.1, -0.05) is 19.3 Å². The van der Waals surface area contributed by atoms with Crippen LogP contribution >= 0.6 is 0 Å². The van der Waals surface area contributed by atoms with Gasteiger partial charge < -0.3 is 10.1 Å². The van der Waals surface area contributed by atoms with Crippen LogP contribution in [0.25, 0.3) is 0 Å². The number of sulfonamides is 1. The Labute approximate surface area is 168 Å². The maximum atomic E-state index is 12.9. The van der Waals surface area contributed by atoms with Crippen LogP contribution in [-0.4, -0.2) is 76.0 Å². The lowest BCUT2D eigenvalue weighted by molar-refractivity contribution is 0.0383. The average molecular weight is 410 g/mol. The van der Waals surface area contributed by atoms with Gasteiger partial charge in [0.15, 0.2) is 0 Å². The molecule has 1 aliphatic carbocycles. The minimum absolute atomic E-state index is 0.0712. The molecular weight excluding hydrogens is 378 g/mol. The number of nitrogens with zero attached hydrogens (tertiary/aromatic N) is 2. The number of ether oxygens (including phenoxy) is 1. The van der Waals surface area contributed by atoms with E-state index in [1.807, 2.05) is 0 Å². The Morgan fingerprint density at radius 3 is 2.43 bits per heavy atom. The van der Waals surface area contributed by atoms with Crippen molar-refractivity contribution in [3.8, 4) is 0 Å². The SMILES string of the molecule is CN(C1CCCCC1)S(=O)(=O)c1ccc(C(=O)NCCN2CCOCC2)cc1. The van der Waals surface area contributed by atoms with Gasteiger partial charge in [-0.25, -0.2) is 8.42 Å². The van der Waals surface area contributed by atoms with Gasteiger partial charge in [0.25, 0.3) is 5.91 Å². The smallest absolute Gasteiger partial charge is 0.251 e. The molecular formula is C20H31N3O4S. The van der Waals surface area contributed by atoms with Crippen LogP contribution < -0.4 is 5.32 Å². The summed E-state index contributed by atoms with van der Waals surface area (Å²) in [7, 11) is -1.87. The number of benzene rings is 1. The Balaban J connectivity index is 1.55. The molecule has 28 heavy (non-hydrogen) atoms. The molecule has 156 valence electrons. The molecule has 1 saturated carbocycles.